The van der Waals surface area contributed by atoms with Gasteiger partial charge in [0.2, 0.25) is 0 Å². The minimum Gasteiger partial charge on any atom is -0.398 e. The highest BCUT2D eigenvalue weighted by molar-refractivity contribution is 6.04. The van der Waals surface area contributed by atoms with Gasteiger partial charge in [0.15, 0.2) is 5.84 Å². The first-order valence-electron chi connectivity index (χ1n) is 7.19. The van der Waals surface area contributed by atoms with Crippen LogP contribution in [0.1, 0.15) is 5.56 Å². The molecule has 0 radical (unpaired) electrons. The number of ether oxygens (including phenoxy) is 2. The number of aliphatic imine (C=N–C) groups is 2. The molecule has 0 aliphatic rings. The Balaban J connectivity index is 2.39. The number of amidine groups is 1. The Hall–Kier alpha value is -2.19. The first-order valence-corrected chi connectivity index (χ1v) is 7.19. The van der Waals surface area contributed by atoms with Crippen LogP contribution in [0.3, 0.4) is 0 Å². The molecule has 0 atom stereocenters. The Morgan fingerprint density at radius 2 is 1.79 bits per heavy atom. The van der Waals surface area contributed by atoms with E-state index in [0.717, 1.165) is 5.56 Å². The Morgan fingerprint density at radius 3 is 2.42 bits per heavy atom. The molecule has 0 aliphatic heterocycles. The molecular weight excluding hydrogens is 323 g/mol. The predicted molar refractivity (Wildman–Crippen MR) is 87.4 cm³/mol. The summed E-state index contributed by atoms with van der Waals surface area (Å²) in [5.41, 5.74) is 6.57. The van der Waals surface area contributed by atoms with Gasteiger partial charge in [-0.1, -0.05) is 36.9 Å². The van der Waals surface area contributed by atoms with E-state index in [0.29, 0.717) is 18.1 Å². The van der Waals surface area contributed by atoms with Crippen molar-refractivity contribution in [2.75, 3.05) is 33.0 Å². The second kappa shape index (κ2) is 10.6. The van der Waals surface area contributed by atoms with E-state index in [4.69, 9.17) is 10.5 Å². The van der Waals surface area contributed by atoms with Crippen molar-refractivity contribution in [2.24, 2.45) is 15.7 Å². The van der Waals surface area contributed by atoms with Crippen LogP contribution in [0, 0.1) is 0 Å². The zero-order valence-corrected chi connectivity index (χ0v) is 13.1. The van der Waals surface area contributed by atoms with Gasteiger partial charge in [-0.25, -0.2) is 4.99 Å². The molecule has 8 heteroatoms. The van der Waals surface area contributed by atoms with Crippen LogP contribution in [-0.4, -0.2) is 51.2 Å². The van der Waals surface area contributed by atoms with Crippen LogP contribution in [0.15, 0.2) is 52.6 Å². The van der Waals surface area contributed by atoms with E-state index in [-0.39, 0.29) is 19.8 Å². The lowest BCUT2D eigenvalue weighted by molar-refractivity contribution is -0.176. The Bertz CT molecular complexity index is 557. The maximum atomic E-state index is 11.9. The third kappa shape index (κ3) is 9.75. The van der Waals surface area contributed by atoms with Crippen LogP contribution in [-0.2, 0) is 9.47 Å². The van der Waals surface area contributed by atoms with Gasteiger partial charge < -0.3 is 15.2 Å². The number of alkyl halides is 3. The first kappa shape index (κ1) is 19.9. The maximum absolute atomic E-state index is 11.9. The van der Waals surface area contributed by atoms with Crippen molar-refractivity contribution in [2.45, 2.75) is 6.18 Å². The number of hydrogen-bond donors (Lipinski definition) is 1. The SMILES string of the molecule is C=C(N)C=NC(=NCCOCCOCC(F)(F)F)c1ccccc1. The lowest BCUT2D eigenvalue weighted by atomic mass is 10.2. The summed E-state index contributed by atoms with van der Waals surface area (Å²) in [5, 5.41) is 0. The molecule has 0 bridgehead atoms. The van der Waals surface area contributed by atoms with Crippen LogP contribution in [0.4, 0.5) is 13.2 Å². The average molecular weight is 343 g/mol. The number of nitrogens with two attached hydrogens (primary N) is 1. The van der Waals surface area contributed by atoms with E-state index in [1.807, 2.05) is 30.3 Å². The topological polar surface area (TPSA) is 69.2 Å². The van der Waals surface area contributed by atoms with Crippen LogP contribution in [0.2, 0.25) is 0 Å². The molecule has 0 heterocycles. The van der Waals surface area contributed by atoms with Gasteiger partial charge in [-0.15, -0.1) is 0 Å². The van der Waals surface area contributed by atoms with Crippen molar-refractivity contribution in [3.05, 3.63) is 48.2 Å². The van der Waals surface area contributed by atoms with E-state index in [1.54, 1.807) is 0 Å². The third-order valence-corrected chi connectivity index (χ3v) is 2.52. The largest absolute Gasteiger partial charge is 0.411 e. The van der Waals surface area contributed by atoms with Crippen molar-refractivity contribution in [1.82, 2.24) is 0 Å². The van der Waals surface area contributed by atoms with Gasteiger partial charge in [0.1, 0.15) is 6.61 Å². The molecule has 2 N–H and O–H groups in total. The number of rotatable bonds is 9. The molecule has 24 heavy (non-hydrogen) atoms. The van der Waals surface area contributed by atoms with Crippen molar-refractivity contribution in [1.29, 1.82) is 0 Å². The standard InChI is InChI=1S/C16H20F3N3O2/c1-13(20)11-22-15(14-5-3-2-4-6-14)21-7-8-23-9-10-24-12-16(17,18)19/h2-6,11H,1,7-10,12,20H2. The summed E-state index contributed by atoms with van der Waals surface area (Å²) in [4.78, 5) is 8.46. The van der Waals surface area contributed by atoms with Gasteiger partial charge >= 0.3 is 6.18 Å². The Labute approximate surface area is 138 Å². The first-order chi connectivity index (χ1) is 11.4. The van der Waals surface area contributed by atoms with Crippen molar-refractivity contribution < 1.29 is 22.6 Å². The van der Waals surface area contributed by atoms with Crippen LogP contribution in [0.5, 0.6) is 0 Å². The van der Waals surface area contributed by atoms with Crippen molar-refractivity contribution in [3.8, 4) is 0 Å². The molecule has 0 amide bonds. The van der Waals surface area contributed by atoms with E-state index in [9.17, 15) is 13.2 Å². The fraction of sp³-hybridized carbons (Fsp3) is 0.375. The minimum atomic E-state index is -4.32. The molecule has 132 valence electrons. The molecule has 0 saturated heterocycles. The summed E-state index contributed by atoms with van der Waals surface area (Å²) in [6, 6.07) is 9.28. The van der Waals surface area contributed by atoms with Gasteiger partial charge in [0, 0.05) is 11.3 Å². The van der Waals surface area contributed by atoms with Crippen molar-refractivity contribution >= 4 is 12.1 Å². The number of halogens is 3. The highest BCUT2D eigenvalue weighted by Gasteiger charge is 2.27. The molecule has 0 spiro atoms. The van der Waals surface area contributed by atoms with Gasteiger partial charge in [-0.3, -0.25) is 4.99 Å². The maximum Gasteiger partial charge on any atom is 0.411 e. The summed E-state index contributed by atoms with van der Waals surface area (Å²) < 4.78 is 45.2. The summed E-state index contributed by atoms with van der Waals surface area (Å²) >= 11 is 0. The second-order valence-electron chi connectivity index (χ2n) is 4.68. The number of hydrogen-bond acceptors (Lipinski definition) is 4. The minimum absolute atomic E-state index is 0.0646. The molecule has 0 unspecified atom stereocenters. The molecule has 0 fully saturated rings. The normalized spacial score (nSPS) is 12.7. The molecule has 0 aromatic heterocycles. The summed E-state index contributed by atoms with van der Waals surface area (Å²) in [6.07, 6.45) is -2.92. The van der Waals surface area contributed by atoms with Gasteiger partial charge in [0.05, 0.1) is 32.6 Å². The van der Waals surface area contributed by atoms with Crippen LogP contribution in [0.25, 0.3) is 0 Å². The molecule has 0 saturated carbocycles. The average Bonchev–Trinajstić information content (AvgIpc) is 2.52. The molecule has 1 aromatic rings. The Morgan fingerprint density at radius 1 is 1.12 bits per heavy atom. The van der Waals surface area contributed by atoms with E-state index < -0.39 is 12.8 Å². The number of benzene rings is 1. The predicted octanol–water partition coefficient (Wildman–Crippen LogP) is 2.57. The zero-order valence-electron chi connectivity index (χ0n) is 13.1. The fourth-order valence-corrected chi connectivity index (χ4v) is 1.56. The molecular formula is C16H20F3N3O2. The van der Waals surface area contributed by atoms with Crippen LogP contribution < -0.4 is 5.73 Å². The summed E-state index contributed by atoms with van der Waals surface area (Å²) in [6.45, 7) is 2.74. The Kier molecular flexibility index (Phi) is 8.74. The number of nitrogens with zero attached hydrogens (tertiary/aromatic N) is 2. The third-order valence-electron chi connectivity index (χ3n) is 2.52. The quantitative estimate of drug-likeness (QED) is 0.426. The monoisotopic (exact) mass is 343 g/mol. The fourth-order valence-electron chi connectivity index (χ4n) is 1.56. The molecule has 1 aromatic carbocycles. The highest BCUT2D eigenvalue weighted by Crippen LogP contribution is 2.14. The smallest absolute Gasteiger partial charge is 0.398 e. The lowest BCUT2D eigenvalue weighted by Crippen LogP contribution is -2.19. The van der Waals surface area contributed by atoms with Crippen molar-refractivity contribution in [3.63, 3.8) is 0 Å². The van der Waals surface area contributed by atoms with Gasteiger partial charge in [-0.2, -0.15) is 13.2 Å². The summed E-state index contributed by atoms with van der Waals surface area (Å²) in [7, 11) is 0. The van der Waals surface area contributed by atoms with Gasteiger partial charge in [0.25, 0.3) is 0 Å². The lowest BCUT2D eigenvalue weighted by Gasteiger charge is -2.07. The molecule has 1 rings (SSSR count). The van der Waals surface area contributed by atoms with E-state index >= 15 is 0 Å². The second-order valence-corrected chi connectivity index (χ2v) is 4.68. The molecule has 0 aliphatic carbocycles. The van der Waals surface area contributed by atoms with Crippen LogP contribution >= 0.6 is 0 Å². The summed E-state index contributed by atoms with van der Waals surface area (Å²) in [5.74, 6) is 0.471. The van der Waals surface area contributed by atoms with E-state index in [1.165, 1.54) is 6.21 Å². The zero-order chi connectivity index (χ0) is 17.8. The highest BCUT2D eigenvalue weighted by atomic mass is 19.4. The number of allylic oxidation sites excluding steroid dienone is 1. The van der Waals surface area contributed by atoms with Gasteiger partial charge in [-0.05, 0) is 0 Å². The molecule has 5 nitrogen and oxygen atoms in total. The van der Waals surface area contributed by atoms with E-state index in [2.05, 4.69) is 21.3 Å².